The van der Waals surface area contributed by atoms with Crippen LogP contribution >= 0.6 is 0 Å². The van der Waals surface area contributed by atoms with E-state index in [9.17, 15) is 9.59 Å². The van der Waals surface area contributed by atoms with Crippen molar-refractivity contribution >= 4 is 12.1 Å². The summed E-state index contributed by atoms with van der Waals surface area (Å²) in [5, 5.41) is 2.55. The second-order valence-electron chi connectivity index (χ2n) is 6.54. The molecule has 0 fully saturated rings. The van der Waals surface area contributed by atoms with E-state index in [0.717, 1.165) is 0 Å². The lowest BCUT2D eigenvalue weighted by atomic mass is 10.0. The minimum absolute atomic E-state index is 0.213. The van der Waals surface area contributed by atoms with Crippen LogP contribution in [0, 0.1) is 5.92 Å². The van der Waals surface area contributed by atoms with Gasteiger partial charge in [-0.05, 0) is 39.7 Å². The van der Waals surface area contributed by atoms with Gasteiger partial charge < -0.3 is 19.7 Å². The zero-order chi connectivity index (χ0) is 16.8. The molecular weight excluding hydrogens is 272 g/mol. The van der Waals surface area contributed by atoms with Gasteiger partial charge in [0, 0.05) is 14.1 Å². The minimum Gasteiger partial charge on any atom is -0.444 e. The number of carbonyl (C=O) groups excluding carboxylic acids is 2. The molecule has 0 aliphatic carbocycles. The van der Waals surface area contributed by atoms with Crippen LogP contribution in [0.25, 0.3) is 0 Å². The van der Waals surface area contributed by atoms with Crippen molar-refractivity contribution in [1.82, 2.24) is 10.2 Å². The summed E-state index contributed by atoms with van der Waals surface area (Å²) >= 11 is 0. The molecule has 1 N–H and O–H groups in total. The fourth-order valence-electron chi connectivity index (χ4n) is 1.41. The van der Waals surface area contributed by atoms with Gasteiger partial charge in [-0.25, -0.2) is 9.59 Å². The maximum Gasteiger partial charge on any atom is 0.408 e. The normalized spacial score (nSPS) is 12.6. The Morgan fingerprint density at radius 3 is 2.14 bits per heavy atom. The zero-order valence-electron chi connectivity index (χ0n) is 14.1. The average Bonchev–Trinajstić information content (AvgIpc) is 2.24. The average molecular weight is 300 g/mol. The lowest BCUT2D eigenvalue weighted by molar-refractivity contribution is -0.144. The van der Waals surface area contributed by atoms with E-state index in [1.54, 1.807) is 39.8 Å². The van der Waals surface area contributed by atoms with Gasteiger partial charge in [0.05, 0.1) is 0 Å². The van der Waals surface area contributed by atoms with Crippen LogP contribution in [0.3, 0.4) is 0 Å². The number of ether oxygens (including phenoxy) is 2. The molecule has 0 aliphatic heterocycles. The highest BCUT2D eigenvalue weighted by Crippen LogP contribution is 2.11. The molecule has 21 heavy (non-hydrogen) atoms. The summed E-state index contributed by atoms with van der Waals surface area (Å²) in [4.78, 5) is 25.5. The first kappa shape index (κ1) is 19.3. The largest absolute Gasteiger partial charge is 0.444 e. The van der Waals surface area contributed by atoms with Gasteiger partial charge in [0.25, 0.3) is 0 Å². The third-order valence-corrected chi connectivity index (χ3v) is 2.40. The number of amides is 1. The van der Waals surface area contributed by atoms with Gasteiger partial charge in [-0.15, -0.1) is 0 Å². The van der Waals surface area contributed by atoms with Gasteiger partial charge in [0.15, 0.2) is 5.88 Å². The van der Waals surface area contributed by atoms with Gasteiger partial charge in [-0.2, -0.15) is 0 Å². The van der Waals surface area contributed by atoms with Crippen LogP contribution in [0.5, 0.6) is 0 Å². The molecular formula is C15H28N2O4. The van der Waals surface area contributed by atoms with Crippen molar-refractivity contribution in [3.63, 3.8) is 0 Å². The molecule has 1 atom stereocenters. The minimum atomic E-state index is -0.767. The highest BCUT2D eigenvalue weighted by atomic mass is 16.6. The Bertz CT molecular complexity index is 384. The number of carbonyl (C=O) groups is 2. The van der Waals surface area contributed by atoms with Crippen molar-refractivity contribution in [3.8, 4) is 0 Å². The zero-order valence-corrected chi connectivity index (χ0v) is 14.1. The van der Waals surface area contributed by atoms with Gasteiger partial charge in [-0.1, -0.05) is 13.8 Å². The van der Waals surface area contributed by atoms with Gasteiger partial charge in [0.2, 0.25) is 0 Å². The van der Waals surface area contributed by atoms with Crippen molar-refractivity contribution in [2.45, 2.75) is 52.7 Å². The molecule has 0 aliphatic rings. The number of hydrogen-bond acceptors (Lipinski definition) is 5. The summed E-state index contributed by atoms with van der Waals surface area (Å²) in [6, 6.07) is -0.767. The van der Waals surface area contributed by atoms with Crippen LogP contribution in [0.15, 0.2) is 12.5 Å². The van der Waals surface area contributed by atoms with Gasteiger partial charge in [0.1, 0.15) is 11.6 Å². The number of nitrogens with zero attached hydrogens (tertiary/aromatic N) is 1. The summed E-state index contributed by atoms with van der Waals surface area (Å²) in [7, 11) is 3.43. The predicted molar refractivity (Wildman–Crippen MR) is 81.5 cm³/mol. The molecule has 122 valence electrons. The molecule has 0 heterocycles. The topological polar surface area (TPSA) is 67.9 Å². The molecule has 0 bridgehead atoms. The first-order chi connectivity index (χ1) is 9.42. The molecule has 0 saturated carbocycles. The van der Waals surface area contributed by atoms with Crippen molar-refractivity contribution in [1.29, 1.82) is 0 Å². The highest BCUT2D eigenvalue weighted by molar-refractivity contribution is 5.82. The van der Waals surface area contributed by atoms with Crippen LogP contribution in [0.2, 0.25) is 0 Å². The molecule has 1 amide bonds. The summed E-state index contributed by atoms with van der Waals surface area (Å²) in [5.74, 6) is -0.113. The molecule has 0 unspecified atom stereocenters. The smallest absolute Gasteiger partial charge is 0.408 e. The van der Waals surface area contributed by atoms with Crippen LogP contribution in [0.4, 0.5) is 4.79 Å². The lowest BCUT2D eigenvalue weighted by Crippen LogP contribution is -2.45. The van der Waals surface area contributed by atoms with Gasteiger partial charge >= 0.3 is 12.1 Å². The van der Waals surface area contributed by atoms with E-state index in [1.165, 1.54) is 0 Å². The number of esters is 1. The van der Waals surface area contributed by atoms with Crippen LogP contribution in [0.1, 0.15) is 41.0 Å². The van der Waals surface area contributed by atoms with Gasteiger partial charge in [-0.3, -0.25) is 0 Å². The van der Waals surface area contributed by atoms with E-state index >= 15 is 0 Å². The van der Waals surface area contributed by atoms with E-state index in [2.05, 4.69) is 11.9 Å². The molecule has 0 rings (SSSR count). The Kier molecular flexibility index (Phi) is 7.26. The SMILES string of the molecule is C=C(OC(=O)[C@H](CC(C)C)NC(=O)OC(C)(C)C)N(C)C. The van der Waals surface area contributed by atoms with E-state index < -0.39 is 23.7 Å². The summed E-state index contributed by atoms with van der Waals surface area (Å²) in [5.41, 5.74) is -0.621. The maximum absolute atomic E-state index is 12.1. The number of hydrogen-bond donors (Lipinski definition) is 1. The molecule has 0 aromatic carbocycles. The first-order valence-corrected chi connectivity index (χ1v) is 6.99. The fraction of sp³-hybridized carbons (Fsp3) is 0.733. The molecule has 0 aromatic rings. The summed E-state index contributed by atoms with van der Waals surface area (Å²) in [6.07, 6.45) is -0.181. The molecule has 0 spiro atoms. The number of rotatable bonds is 6. The summed E-state index contributed by atoms with van der Waals surface area (Å²) < 4.78 is 10.3. The number of nitrogens with one attached hydrogen (secondary N) is 1. The Labute approximate surface area is 127 Å². The van der Waals surface area contributed by atoms with Crippen molar-refractivity contribution in [3.05, 3.63) is 12.5 Å². The lowest BCUT2D eigenvalue weighted by Gasteiger charge is -2.24. The highest BCUT2D eigenvalue weighted by Gasteiger charge is 2.27. The first-order valence-electron chi connectivity index (χ1n) is 6.99. The molecule has 6 heteroatoms. The van der Waals surface area contributed by atoms with Crippen molar-refractivity contribution in [2.75, 3.05) is 14.1 Å². The Morgan fingerprint density at radius 2 is 1.76 bits per heavy atom. The maximum atomic E-state index is 12.1. The Balaban J connectivity index is 4.76. The Morgan fingerprint density at radius 1 is 1.24 bits per heavy atom. The van der Waals surface area contributed by atoms with Crippen LogP contribution in [-0.2, 0) is 14.3 Å². The fourth-order valence-corrected chi connectivity index (χ4v) is 1.41. The molecule has 0 saturated heterocycles. The van der Waals surface area contributed by atoms with E-state index in [1.807, 2.05) is 13.8 Å². The standard InChI is InChI=1S/C15H28N2O4/c1-10(2)9-12(13(18)20-11(3)17(7)8)16-14(19)21-15(4,5)6/h10,12H,3,9H2,1-2,4-8H3,(H,16,19)/t12-/m0/s1. The molecule has 0 aromatic heterocycles. The number of alkyl carbamates (subject to hydrolysis) is 1. The van der Waals surface area contributed by atoms with Crippen LogP contribution < -0.4 is 5.32 Å². The van der Waals surface area contributed by atoms with E-state index in [4.69, 9.17) is 9.47 Å². The molecule has 0 radical (unpaired) electrons. The monoisotopic (exact) mass is 300 g/mol. The second-order valence-corrected chi connectivity index (χ2v) is 6.54. The quantitative estimate of drug-likeness (QED) is 0.603. The van der Waals surface area contributed by atoms with Crippen molar-refractivity contribution < 1.29 is 19.1 Å². The van der Waals surface area contributed by atoms with E-state index in [-0.39, 0.29) is 11.8 Å². The second kappa shape index (κ2) is 7.90. The van der Waals surface area contributed by atoms with Crippen LogP contribution in [-0.4, -0.2) is 42.7 Å². The predicted octanol–water partition coefficient (Wildman–Crippen LogP) is 2.50. The third kappa shape index (κ3) is 8.94. The van der Waals surface area contributed by atoms with E-state index in [0.29, 0.717) is 6.42 Å². The third-order valence-electron chi connectivity index (χ3n) is 2.40. The summed E-state index contributed by atoms with van der Waals surface area (Å²) in [6.45, 7) is 12.8. The molecule has 6 nitrogen and oxygen atoms in total. The Hall–Kier alpha value is -1.72. The van der Waals surface area contributed by atoms with Crippen molar-refractivity contribution in [2.24, 2.45) is 5.92 Å².